The smallest absolute Gasteiger partial charge is 0.305 e. The number of hydrogen-bond acceptors (Lipinski definition) is 5. The van der Waals surface area contributed by atoms with Gasteiger partial charge in [-0.25, -0.2) is 13.1 Å². The van der Waals surface area contributed by atoms with Gasteiger partial charge in [-0.2, -0.15) is 5.10 Å². The lowest BCUT2D eigenvalue weighted by atomic mass is 10.4. The predicted molar refractivity (Wildman–Crippen MR) is 73.2 cm³/mol. The van der Waals surface area contributed by atoms with E-state index in [4.69, 9.17) is 5.11 Å². The van der Waals surface area contributed by atoms with Crippen molar-refractivity contribution in [2.24, 2.45) is 0 Å². The lowest BCUT2D eigenvalue weighted by Gasteiger charge is -2.09. The third-order valence-corrected chi connectivity index (χ3v) is 5.28. The number of rotatable bonds is 8. The standard InChI is InChI=1S/C10H17N3O5S2/c1-8(19(2)16)5-12-20(17,18)9-6-11-13(7-9)4-3-10(14)15/h6-8,12H,3-5H2,1-2H3,(H,14,15). The molecule has 0 aliphatic carbocycles. The first-order valence-electron chi connectivity index (χ1n) is 5.78. The van der Waals surface area contributed by atoms with E-state index in [1.165, 1.54) is 17.1 Å². The van der Waals surface area contributed by atoms with E-state index in [0.717, 1.165) is 6.20 Å². The Morgan fingerprint density at radius 3 is 2.80 bits per heavy atom. The van der Waals surface area contributed by atoms with E-state index >= 15 is 0 Å². The second-order valence-corrected chi connectivity index (χ2v) is 7.81. The van der Waals surface area contributed by atoms with Gasteiger partial charge in [0.05, 0.1) is 19.2 Å². The molecule has 2 unspecified atom stereocenters. The summed E-state index contributed by atoms with van der Waals surface area (Å²) in [4.78, 5) is 10.4. The van der Waals surface area contributed by atoms with Gasteiger partial charge in [-0.1, -0.05) is 0 Å². The highest BCUT2D eigenvalue weighted by Crippen LogP contribution is 2.07. The zero-order chi connectivity index (χ0) is 15.3. The summed E-state index contributed by atoms with van der Waals surface area (Å²) in [5.41, 5.74) is 0. The quantitative estimate of drug-likeness (QED) is 0.659. The molecule has 0 spiro atoms. The molecular formula is C10H17N3O5S2. The lowest BCUT2D eigenvalue weighted by molar-refractivity contribution is -0.137. The Morgan fingerprint density at radius 2 is 2.25 bits per heavy atom. The van der Waals surface area contributed by atoms with Crippen molar-refractivity contribution >= 4 is 26.8 Å². The summed E-state index contributed by atoms with van der Waals surface area (Å²) in [5, 5.41) is 12.0. The number of sulfonamides is 1. The lowest BCUT2D eigenvalue weighted by Crippen LogP contribution is -2.32. The number of carboxylic acid groups (broad SMARTS) is 1. The molecule has 1 aromatic heterocycles. The molecule has 0 saturated carbocycles. The molecule has 0 aromatic carbocycles. The molecule has 0 amide bonds. The van der Waals surface area contributed by atoms with Crippen LogP contribution in [0.4, 0.5) is 0 Å². The first-order valence-corrected chi connectivity index (χ1v) is 8.89. The molecule has 10 heteroatoms. The van der Waals surface area contributed by atoms with Crippen LogP contribution in [-0.4, -0.2) is 51.5 Å². The van der Waals surface area contributed by atoms with Crippen LogP contribution >= 0.6 is 0 Å². The molecular weight excluding hydrogens is 306 g/mol. The zero-order valence-corrected chi connectivity index (χ0v) is 12.8. The summed E-state index contributed by atoms with van der Waals surface area (Å²) >= 11 is 0. The fourth-order valence-electron chi connectivity index (χ4n) is 1.24. The van der Waals surface area contributed by atoms with Crippen molar-refractivity contribution in [2.75, 3.05) is 12.8 Å². The van der Waals surface area contributed by atoms with Crippen LogP contribution in [0.3, 0.4) is 0 Å². The molecule has 0 aliphatic heterocycles. The highest BCUT2D eigenvalue weighted by Gasteiger charge is 2.18. The molecule has 8 nitrogen and oxygen atoms in total. The van der Waals surface area contributed by atoms with Gasteiger partial charge in [0.2, 0.25) is 10.0 Å². The van der Waals surface area contributed by atoms with Crippen molar-refractivity contribution < 1.29 is 22.5 Å². The monoisotopic (exact) mass is 323 g/mol. The van der Waals surface area contributed by atoms with Crippen LogP contribution in [0.15, 0.2) is 17.3 Å². The normalized spacial score (nSPS) is 14.9. The summed E-state index contributed by atoms with van der Waals surface area (Å²) in [5.74, 6) is -0.984. The minimum Gasteiger partial charge on any atom is -0.481 e. The highest BCUT2D eigenvalue weighted by atomic mass is 32.2. The summed E-state index contributed by atoms with van der Waals surface area (Å²) in [7, 11) is -4.84. The van der Waals surface area contributed by atoms with Crippen LogP contribution in [-0.2, 0) is 32.2 Å². The third kappa shape index (κ3) is 5.02. The van der Waals surface area contributed by atoms with E-state index in [-0.39, 0.29) is 29.7 Å². The number of carbonyl (C=O) groups is 1. The number of carboxylic acids is 1. The maximum atomic E-state index is 11.9. The molecule has 0 radical (unpaired) electrons. The zero-order valence-electron chi connectivity index (χ0n) is 11.1. The summed E-state index contributed by atoms with van der Waals surface area (Å²) < 4.78 is 38.6. The highest BCUT2D eigenvalue weighted by molar-refractivity contribution is 7.89. The van der Waals surface area contributed by atoms with Crippen LogP contribution in [0.25, 0.3) is 0 Å². The maximum Gasteiger partial charge on any atom is 0.305 e. The van der Waals surface area contributed by atoms with Crippen LogP contribution in [0.5, 0.6) is 0 Å². The third-order valence-electron chi connectivity index (χ3n) is 2.60. The van der Waals surface area contributed by atoms with Gasteiger partial charge in [0.15, 0.2) is 0 Å². The van der Waals surface area contributed by atoms with Crippen LogP contribution in [0, 0.1) is 0 Å². The largest absolute Gasteiger partial charge is 0.481 e. The molecule has 0 bridgehead atoms. The van der Waals surface area contributed by atoms with E-state index in [2.05, 4.69) is 9.82 Å². The Labute approximate surface area is 119 Å². The molecule has 0 aliphatic rings. The molecule has 114 valence electrons. The van der Waals surface area contributed by atoms with Crippen LogP contribution in [0.2, 0.25) is 0 Å². The Kier molecular flexibility index (Phi) is 5.84. The van der Waals surface area contributed by atoms with Crippen molar-refractivity contribution in [1.82, 2.24) is 14.5 Å². The van der Waals surface area contributed by atoms with E-state index in [1.807, 2.05) is 0 Å². The molecule has 0 fully saturated rings. The second kappa shape index (κ2) is 6.95. The van der Waals surface area contributed by atoms with E-state index in [1.54, 1.807) is 6.92 Å². The topological polar surface area (TPSA) is 118 Å². The van der Waals surface area contributed by atoms with Crippen molar-refractivity contribution in [3.05, 3.63) is 12.4 Å². The Morgan fingerprint density at radius 1 is 1.60 bits per heavy atom. The van der Waals surface area contributed by atoms with Gasteiger partial charge >= 0.3 is 5.97 Å². The molecule has 2 N–H and O–H groups in total. The number of nitrogens with one attached hydrogen (secondary N) is 1. The molecule has 2 atom stereocenters. The van der Waals surface area contributed by atoms with Crippen molar-refractivity contribution in [3.63, 3.8) is 0 Å². The molecule has 1 heterocycles. The number of aliphatic carboxylic acids is 1. The van der Waals surface area contributed by atoms with Crippen molar-refractivity contribution in [2.45, 2.75) is 30.0 Å². The predicted octanol–water partition coefficient (Wildman–Crippen LogP) is -0.597. The van der Waals surface area contributed by atoms with Crippen molar-refractivity contribution in [3.8, 4) is 0 Å². The Balaban J connectivity index is 2.68. The summed E-state index contributed by atoms with van der Waals surface area (Å²) in [6, 6.07) is 0. The average molecular weight is 323 g/mol. The molecule has 0 saturated heterocycles. The average Bonchev–Trinajstić information content (AvgIpc) is 2.82. The van der Waals surface area contributed by atoms with Gasteiger partial charge < -0.3 is 5.11 Å². The first kappa shape index (κ1) is 16.8. The summed E-state index contributed by atoms with van der Waals surface area (Å²) in [6.07, 6.45) is 3.78. The minimum absolute atomic E-state index is 0.0445. The Bertz CT molecular complexity index is 596. The van der Waals surface area contributed by atoms with E-state index in [9.17, 15) is 17.4 Å². The molecule has 1 rings (SSSR count). The van der Waals surface area contributed by atoms with Crippen molar-refractivity contribution in [1.29, 1.82) is 0 Å². The Hall–Kier alpha value is -1.26. The van der Waals surface area contributed by atoms with Gasteiger partial charge in [0.1, 0.15) is 4.90 Å². The number of nitrogens with zero attached hydrogens (tertiary/aromatic N) is 2. The SMILES string of the molecule is CC(CNS(=O)(=O)c1cnn(CCC(=O)O)c1)S(C)=O. The number of aryl methyl sites for hydroxylation is 1. The minimum atomic E-state index is -3.72. The molecule has 20 heavy (non-hydrogen) atoms. The number of hydrogen-bond donors (Lipinski definition) is 2. The molecule has 1 aromatic rings. The van der Waals surface area contributed by atoms with Gasteiger partial charge in [0.25, 0.3) is 0 Å². The fourth-order valence-corrected chi connectivity index (χ4v) is 2.75. The van der Waals surface area contributed by atoms with Gasteiger partial charge in [-0.05, 0) is 6.92 Å². The second-order valence-electron chi connectivity index (χ2n) is 4.24. The van der Waals surface area contributed by atoms with Gasteiger partial charge in [-0.3, -0.25) is 13.7 Å². The number of aromatic nitrogens is 2. The first-order chi connectivity index (χ1) is 9.22. The van der Waals surface area contributed by atoms with E-state index in [0.29, 0.717) is 0 Å². The fraction of sp³-hybridized carbons (Fsp3) is 0.600. The van der Waals surface area contributed by atoms with Crippen LogP contribution < -0.4 is 4.72 Å². The van der Waals surface area contributed by atoms with Gasteiger partial charge in [0, 0.05) is 35.0 Å². The summed E-state index contributed by atoms with van der Waals surface area (Å²) in [6.45, 7) is 1.83. The maximum absolute atomic E-state index is 11.9. The van der Waals surface area contributed by atoms with Crippen LogP contribution in [0.1, 0.15) is 13.3 Å². The van der Waals surface area contributed by atoms with E-state index < -0.39 is 26.8 Å². The van der Waals surface area contributed by atoms with Gasteiger partial charge in [-0.15, -0.1) is 0 Å².